The van der Waals surface area contributed by atoms with Crippen LogP contribution in [0.4, 0.5) is 5.95 Å². The molecule has 0 saturated heterocycles. The molecule has 1 heterocycles. The summed E-state index contributed by atoms with van der Waals surface area (Å²) in [6, 6.07) is 10.5. The summed E-state index contributed by atoms with van der Waals surface area (Å²) in [5, 5.41) is 22.3. The molecule has 2 N–H and O–H groups in total. The number of anilines is 1. The quantitative estimate of drug-likeness (QED) is 0.495. The van der Waals surface area contributed by atoms with Gasteiger partial charge in [0.2, 0.25) is 0 Å². The van der Waals surface area contributed by atoms with Crippen molar-refractivity contribution in [3.05, 3.63) is 53.2 Å². The van der Waals surface area contributed by atoms with E-state index in [0.29, 0.717) is 22.0 Å². The molecule has 0 atom stereocenters. The molecule has 138 valence electrons. The largest absolute Gasteiger partial charge is 0.504 e. The molecule has 0 saturated carbocycles. The number of hydrazone groups is 1. The van der Waals surface area contributed by atoms with E-state index in [9.17, 15) is 5.11 Å². The Morgan fingerprint density at radius 1 is 1.15 bits per heavy atom. The highest BCUT2D eigenvalue weighted by Gasteiger charge is 2.10. The van der Waals surface area contributed by atoms with Gasteiger partial charge in [-0.3, -0.25) is 0 Å². The molecule has 27 heavy (non-hydrogen) atoms. The zero-order valence-electron chi connectivity index (χ0n) is 14.5. The fraction of sp³-hybridized carbons (Fsp3) is 0.111. The van der Waals surface area contributed by atoms with Crippen molar-refractivity contribution >= 4 is 23.8 Å². The van der Waals surface area contributed by atoms with Gasteiger partial charge in [-0.2, -0.15) is 10.2 Å². The number of nitrogens with zero attached hydrogens (tertiary/aromatic N) is 4. The molecule has 0 aliphatic heterocycles. The number of para-hydroxylation sites is 1. The number of hydrogen-bond donors (Lipinski definition) is 2. The van der Waals surface area contributed by atoms with E-state index in [2.05, 4.69) is 25.7 Å². The van der Waals surface area contributed by atoms with E-state index in [-0.39, 0.29) is 17.4 Å². The normalized spacial score (nSPS) is 10.8. The molecule has 0 radical (unpaired) electrons. The van der Waals surface area contributed by atoms with Crippen LogP contribution in [0.25, 0.3) is 11.3 Å². The molecule has 0 aliphatic rings. The van der Waals surface area contributed by atoms with Crippen LogP contribution in [0.1, 0.15) is 5.56 Å². The highest BCUT2D eigenvalue weighted by molar-refractivity contribution is 6.31. The molecule has 0 amide bonds. The lowest BCUT2D eigenvalue weighted by Crippen LogP contribution is -2.01. The summed E-state index contributed by atoms with van der Waals surface area (Å²) in [4.78, 5) is 4.36. The van der Waals surface area contributed by atoms with E-state index in [1.165, 1.54) is 25.6 Å². The third-order valence-electron chi connectivity index (χ3n) is 3.60. The number of phenols is 1. The van der Waals surface area contributed by atoms with Gasteiger partial charge in [-0.25, -0.2) is 10.4 Å². The van der Waals surface area contributed by atoms with E-state index < -0.39 is 0 Å². The van der Waals surface area contributed by atoms with Crippen molar-refractivity contribution in [2.24, 2.45) is 5.10 Å². The van der Waals surface area contributed by atoms with Gasteiger partial charge >= 0.3 is 0 Å². The van der Waals surface area contributed by atoms with E-state index in [4.69, 9.17) is 21.1 Å². The standard InChI is InChI=1S/C18H16ClN5O3/c1-26-15-6-4-3-5-13(15)14-10-21-24-18(22-14)23-20-9-11-7-12(19)8-16(27-2)17(11)25/h3-10,25H,1-2H3,(H,22,23,24). The second-order valence-corrected chi connectivity index (χ2v) is 5.72. The minimum Gasteiger partial charge on any atom is -0.504 e. The lowest BCUT2D eigenvalue weighted by atomic mass is 10.1. The van der Waals surface area contributed by atoms with Crippen molar-refractivity contribution in [1.82, 2.24) is 15.2 Å². The van der Waals surface area contributed by atoms with Crippen LogP contribution >= 0.6 is 11.6 Å². The first-order chi connectivity index (χ1) is 13.1. The van der Waals surface area contributed by atoms with Crippen molar-refractivity contribution in [1.29, 1.82) is 0 Å². The van der Waals surface area contributed by atoms with Crippen LogP contribution in [0.5, 0.6) is 17.2 Å². The van der Waals surface area contributed by atoms with Crippen LogP contribution < -0.4 is 14.9 Å². The molecule has 1 aromatic heterocycles. The van der Waals surface area contributed by atoms with Gasteiger partial charge in [-0.1, -0.05) is 23.7 Å². The molecule has 9 heteroatoms. The van der Waals surface area contributed by atoms with Gasteiger partial charge in [-0.05, 0) is 18.2 Å². The predicted octanol–water partition coefficient (Wildman–Crippen LogP) is 3.36. The lowest BCUT2D eigenvalue weighted by Gasteiger charge is -2.08. The zero-order valence-corrected chi connectivity index (χ0v) is 15.3. The third-order valence-corrected chi connectivity index (χ3v) is 3.82. The number of hydrogen-bond acceptors (Lipinski definition) is 8. The molecule has 0 bridgehead atoms. The molecule has 0 unspecified atom stereocenters. The van der Waals surface area contributed by atoms with Crippen LogP contribution in [-0.2, 0) is 0 Å². The smallest absolute Gasteiger partial charge is 0.263 e. The van der Waals surface area contributed by atoms with Crippen molar-refractivity contribution in [3.63, 3.8) is 0 Å². The molecule has 3 rings (SSSR count). The summed E-state index contributed by atoms with van der Waals surface area (Å²) < 4.78 is 10.4. The van der Waals surface area contributed by atoms with Gasteiger partial charge < -0.3 is 14.6 Å². The first kappa shape index (κ1) is 18.4. The van der Waals surface area contributed by atoms with Gasteiger partial charge in [0, 0.05) is 22.2 Å². The van der Waals surface area contributed by atoms with Crippen LogP contribution in [0, 0.1) is 0 Å². The Morgan fingerprint density at radius 3 is 2.70 bits per heavy atom. The summed E-state index contributed by atoms with van der Waals surface area (Å²) in [6.07, 6.45) is 2.91. The topological polar surface area (TPSA) is 102 Å². The number of ether oxygens (including phenoxy) is 2. The number of phenolic OH excluding ortho intramolecular Hbond substituents is 1. The first-order valence-corrected chi connectivity index (χ1v) is 8.19. The number of nitrogens with one attached hydrogen (secondary N) is 1. The Labute approximate surface area is 160 Å². The third kappa shape index (κ3) is 4.24. The molecular formula is C18H16ClN5O3. The number of aromatic nitrogens is 3. The second kappa shape index (κ2) is 8.33. The molecule has 3 aromatic rings. The van der Waals surface area contributed by atoms with E-state index in [1.54, 1.807) is 13.2 Å². The Hall–Kier alpha value is -3.39. The van der Waals surface area contributed by atoms with Crippen LogP contribution in [0.15, 0.2) is 47.7 Å². The summed E-state index contributed by atoms with van der Waals surface area (Å²) in [5.41, 5.74) is 4.40. The molecule has 0 fully saturated rings. The fourth-order valence-electron chi connectivity index (χ4n) is 2.34. The molecule has 2 aromatic carbocycles. The lowest BCUT2D eigenvalue weighted by molar-refractivity contribution is 0.373. The summed E-state index contributed by atoms with van der Waals surface area (Å²) >= 11 is 5.99. The number of aromatic hydroxyl groups is 1. The number of rotatable bonds is 6. The van der Waals surface area contributed by atoms with Crippen molar-refractivity contribution in [2.45, 2.75) is 0 Å². The minimum absolute atomic E-state index is 0.0748. The highest BCUT2D eigenvalue weighted by atomic mass is 35.5. The van der Waals surface area contributed by atoms with Crippen LogP contribution in [0.3, 0.4) is 0 Å². The number of benzene rings is 2. The summed E-state index contributed by atoms with van der Waals surface area (Å²) in [5.74, 6) is 1.03. The maximum Gasteiger partial charge on any atom is 0.263 e. The maximum atomic E-state index is 10.1. The summed E-state index contributed by atoms with van der Waals surface area (Å²) in [7, 11) is 3.02. The van der Waals surface area contributed by atoms with Crippen molar-refractivity contribution < 1.29 is 14.6 Å². The van der Waals surface area contributed by atoms with Crippen molar-refractivity contribution in [2.75, 3.05) is 19.6 Å². The monoisotopic (exact) mass is 385 g/mol. The van der Waals surface area contributed by atoms with E-state index in [1.807, 2.05) is 24.3 Å². The average molecular weight is 386 g/mol. The molecule has 8 nitrogen and oxygen atoms in total. The molecule has 0 aliphatic carbocycles. The maximum absolute atomic E-state index is 10.1. The van der Waals surface area contributed by atoms with Crippen LogP contribution in [-0.4, -0.2) is 40.7 Å². The SMILES string of the molecule is COc1ccccc1-c1cnnc(NN=Cc2cc(Cl)cc(OC)c2O)n1. The number of methoxy groups -OCH3 is 2. The van der Waals surface area contributed by atoms with Gasteiger partial charge in [-0.15, -0.1) is 5.10 Å². The van der Waals surface area contributed by atoms with E-state index >= 15 is 0 Å². The van der Waals surface area contributed by atoms with Crippen LogP contribution in [0.2, 0.25) is 5.02 Å². The molecular weight excluding hydrogens is 370 g/mol. The Morgan fingerprint density at radius 2 is 1.93 bits per heavy atom. The van der Waals surface area contributed by atoms with Gasteiger partial charge in [0.15, 0.2) is 11.5 Å². The van der Waals surface area contributed by atoms with Gasteiger partial charge in [0.1, 0.15) is 5.75 Å². The van der Waals surface area contributed by atoms with E-state index in [0.717, 1.165) is 5.56 Å². The van der Waals surface area contributed by atoms with Crippen molar-refractivity contribution in [3.8, 4) is 28.5 Å². The Bertz CT molecular complexity index is 981. The number of halogens is 1. The fourth-order valence-corrected chi connectivity index (χ4v) is 2.56. The average Bonchev–Trinajstić information content (AvgIpc) is 2.70. The minimum atomic E-state index is -0.0748. The molecule has 0 spiro atoms. The zero-order chi connectivity index (χ0) is 19.2. The Balaban J connectivity index is 1.82. The van der Waals surface area contributed by atoms with Gasteiger partial charge in [0.25, 0.3) is 5.95 Å². The van der Waals surface area contributed by atoms with Gasteiger partial charge in [0.05, 0.1) is 32.3 Å². The summed E-state index contributed by atoms with van der Waals surface area (Å²) in [6.45, 7) is 0. The first-order valence-electron chi connectivity index (χ1n) is 7.81. The second-order valence-electron chi connectivity index (χ2n) is 5.28. The Kier molecular flexibility index (Phi) is 5.68. The predicted molar refractivity (Wildman–Crippen MR) is 103 cm³/mol. The highest BCUT2D eigenvalue weighted by Crippen LogP contribution is 2.32.